The largest absolute Gasteiger partial charge is 0.266 e. The first-order chi connectivity index (χ1) is 4.84. The van der Waals surface area contributed by atoms with E-state index in [4.69, 9.17) is 0 Å². The Morgan fingerprint density at radius 1 is 1.60 bits per heavy atom. The Morgan fingerprint density at radius 2 is 2.30 bits per heavy atom. The van der Waals surface area contributed by atoms with Crippen LogP contribution >= 0.6 is 0 Å². The summed E-state index contributed by atoms with van der Waals surface area (Å²) in [7, 11) is 0. The molecule has 0 heterocycles. The summed E-state index contributed by atoms with van der Waals surface area (Å²) in [5.74, 6) is 0.787. The quantitative estimate of drug-likeness (QED) is 0.416. The smallest absolute Gasteiger partial charge is 0.0266 e. The van der Waals surface area contributed by atoms with Crippen LogP contribution in [0, 0.1) is 5.92 Å². The van der Waals surface area contributed by atoms with Gasteiger partial charge in [-0.25, -0.2) is 0 Å². The van der Waals surface area contributed by atoms with Gasteiger partial charge >= 0.3 is 0 Å². The van der Waals surface area contributed by atoms with E-state index >= 15 is 0 Å². The van der Waals surface area contributed by atoms with Crippen molar-refractivity contribution in [3.63, 3.8) is 0 Å². The van der Waals surface area contributed by atoms with E-state index in [1.807, 2.05) is 6.08 Å². The molecular formula is C9H13N. The van der Waals surface area contributed by atoms with Gasteiger partial charge in [0.1, 0.15) is 0 Å². The fraction of sp³-hybridized carbons (Fsp3) is 0.444. The fourth-order valence-electron chi connectivity index (χ4n) is 0.828. The average molecular weight is 135 g/mol. The summed E-state index contributed by atoms with van der Waals surface area (Å²) in [6.07, 6.45) is 8.06. The van der Waals surface area contributed by atoms with E-state index in [0.717, 1.165) is 5.92 Å². The van der Waals surface area contributed by atoms with Gasteiger partial charge in [-0.1, -0.05) is 12.7 Å². The highest BCUT2D eigenvalue weighted by atomic mass is 14.7. The van der Waals surface area contributed by atoms with Crippen LogP contribution in [0.5, 0.6) is 0 Å². The molecule has 0 spiro atoms. The number of allylic oxidation sites excluding steroid dienone is 2. The van der Waals surface area contributed by atoms with Crippen molar-refractivity contribution in [2.45, 2.75) is 19.8 Å². The molecule has 1 aliphatic rings. The predicted octanol–water partition coefficient (Wildman–Crippen LogP) is 2.56. The second-order valence-electron chi connectivity index (χ2n) is 2.62. The first-order valence-electron chi connectivity index (χ1n) is 3.66. The van der Waals surface area contributed by atoms with Gasteiger partial charge in [0.05, 0.1) is 0 Å². The predicted molar refractivity (Wildman–Crippen MR) is 45.2 cm³/mol. The Balaban J connectivity index is 2.36. The van der Waals surface area contributed by atoms with Crippen molar-refractivity contribution in [2.75, 3.05) is 0 Å². The Kier molecular flexibility index (Phi) is 2.43. The van der Waals surface area contributed by atoms with E-state index in [-0.39, 0.29) is 0 Å². The second-order valence-corrected chi connectivity index (χ2v) is 2.62. The molecule has 0 aromatic carbocycles. The first kappa shape index (κ1) is 7.26. The van der Waals surface area contributed by atoms with Crippen molar-refractivity contribution in [1.82, 2.24) is 0 Å². The lowest BCUT2D eigenvalue weighted by Gasteiger charge is -1.89. The third-order valence-corrected chi connectivity index (χ3v) is 1.67. The molecule has 54 valence electrons. The lowest BCUT2D eigenvalue weighted by atomic mass is 10.3. The van der Waals surface area contributed by atoms with Crippen LogP contribution in [0.4, 0.5) is 0 Å². The summed E-state index contributed by atoms with van der Waals surface area (Å²) >= 11 is 0. The standard InChI is InChI=1S/C9H13N/c1-3-4-7-10-8(2)9-5-6-9/h3-4,7,9H,1,5-6H2,2H3/b7-4-,10-8+. The normalized spacial score (nSPS) is 19.9. The van der Waals surface area contributed by atoms with Gasteiger partial charge in [-0.05, 0) is 31.8 Å². The monoisotopic (exact) mass is 135 g/mol. The van der Waals surface area contributed by atoms with Gasteiger partial charge in [-0.3, -0.25) is 4.99 Å². The highest BCUT2D eigenvalue weighted by molar-refractivity contribution is 5.86. The SMILES string of the molecule is C=C/C=C\N=C(/C)C1CC1. The van der Waals surface area contributed by atoms with Crippen molar-refractivity contribution in [3.8, 4) is 0 Å². The maximum absolute atomic E-state index is 4.24. The lowest BCUT2D eigenvalue weighted by molar-refractivity contribution is 1.17. The summed E-state index contributed by atoms with van der Waals surface area (Å²) in [6, 6.07) is 0. The second kappa shape index (κ2) is 3.35. The van der Waals surface area contributed by atoms with Crippen LogP contribution in [0.3, 0.4) is 0 Å². The Morgan fingerprint density at radius 3 is 2.80 bits per heavy atom. The summed E-state index contributed by atoms with van der Waals surface area (Å²) in [5.41, 5.74) is 1.26. The molecule has 0 radical (unpaired) electrons. The third-order valence-electron chi connectivity index (χ3n) is 1.67. The third kappa shape index (κ3) is 2.18. The summed E-state index contributed by atoms with van der Waals surface area (Å²) < 4.78 is 0. The molecule has 0 aliphatic heterocycles. The van der Waals surface area contributed by atoms with Crippen molar-refractivity contribution < 1.29 is 0 Å². The van der Waals surface area contributed by atoms with Gasteiger partial charge in [0.25, 0.3) is 0 Å². The van der Waals surface area contributed by atoms with Crippen molar-refractivity contribution in [1.29, 1.82) is 0 Å². The molecule has 10 heavy (non-hydrogen) atoms. The fourth-order valence-corrected chi connectivity index (χ4v) is 0.828. The molecule has 0 saturated heterocycles. The van der Waals surface area contributed by atoms with E-state index in [0.29, 0.717) is 0 Å². The van der Waals surface area contributed by atoms with E-state index in [9.17, 15) is 0 Å². The molecule has 0 N–H and O–H groups in total. The van der Waals surface area contributed by atoms with E-state index in [1.54, 1.807) is 12.3 Å². The number of hydrogen-bond donors (Lipinski definition) is 0. The minimum atomic E-state index is 0.787. The number of aliphatic imine (C=N–C) groups is 1. The van der Waals surface area contributed by atoms with Crippen LogP contribution in [-0.4, -0.2) is 5.71 Å². The molecule has 0 amide bonds. The van der Waals surface area contributed by atoms with Crippen LogP contribution in [0.25, 0.3) is 0 Å². The highest BCUT2D eigenvalue weighted by Crippen LogP contribution is 2.30. The highest BCUT2D eigenvalue weighted by Gasteiger charge is 2.23. The molecule has 1 saturated carbocycles. The summed E-state index contributed by atoms with van der Waals surface area (Å²) in [5, 5.41) is 0. The van der Waals surface area contributed by atoms with Crippen LogP contribution in [0.2, 0.25) is 0 Å². The van der Waals surface area contributed by atoms with Crippen molar-refractivity contribution in [2.24, 2.45) is 10.9 Å². The van der Waals surface area contributed by atoms with E-state index in [1.165, 1.54) is 18.6 Å². The average Bonchev–Trinajstić information content (AvgIpc) is 2.69. The molecule has 1 nitrogen and oxygen atoms in total. The number of nitrogens with zero attached hydrogens (tertiary/aromatic N) is 1. The minimum Gasteiger partial charge on any atom is -0.266 e. The van der Waals surface area contributed by atoms with Gasteiger partial charge in [0.2, 0.25) is 0 Å². The molecule has 1 rings (SSSR count). The molecule has 0 atom stereocenters. The zero-order valence-electron chi connectivity index (χ0n) is 6.38. The van der Waals surface area contributed by atoms with E-state index < -0.39 is 0 Å². The van der Waals surface area contributed by atoms with Gasteiger partial charge in [-0.2, -0.15) is 0 Å². The van der Waals surface area contributed by atoms with E-state index in [2.05, 4.69) is 18.5 Å². The van der Waals surface area contributed by atoms with Crippen LogP contribution in [0.1, 0.15) is 19.8 Å². The first-order valence-corrected chi connectivity index (χ1v) is 3.66. The van der Waals surface area contributed by atoms with Crippen molar-refractivity contribution >= 4 is 5.71 Å². The maximum Gasteiger partial charge on any atom is 0.0266 e. The molecule has 0 bridgehead atoms. The van der Waals surface area contributed by atoms with Crippen LogP contribution < -0.4 is 0 Å². The minimum absolute atomic E-state index is 0.787. The molecule has 0 aromatic heterocycles. The molecular weight excluding hydrogens is 122 g/mol. The molecule has 1 heteroatoms. The van der Waals surface area contributed by atoms with Gasteiger partial charge < -0.3 is 0 Å². The van der Waals surface area contributed by atoms with Gasteiger partial charge in [-0.15, -0.1) is 0 Å². The Hall–Kier alpha value is -0.850. The van der Waals surface area contributed by atoms with Gasteiger partial charge in [0, 0.05) is 11.9 Å². The molecule has 1 fully saturated rings. The Labute approximate surface area is 62.2 Å². The lowest BCUT2D eigenvalue weighted by Crippen LogP contribution is -1.90. The zero-order chi connectivity index (χ0) is 7.40. The summed E-state index contributed by atoms with van der Waals surface area (Å²) in [6.45, 7) is 5.65. The maximum atomic E-state index is 4.24. The van der Waals surface area contributed by atoms with Crippen LogP contribution in [-0.2, 0) is 0 Å². The zero-order valence-corrected chi connectivity index (χ0v) is 6.38. The number of hydrogen-bond acceptors (Lipinski definition) is 1. The molecule has 0 aromatic rings. The van der Waals surface area contributed by atoms with Crippen LogP contribution in [0.15, 0.2) is 29.9 Å². The number of rotatable bonds is 3. The molecule has 1 aliphatic carbocycles. The topological polar surface area (TPSA) is 12.4 Å². The Bertz CT molecular complexity index is 173. The van der Waals surface area contributed by atoms with Crippen molar-refractivity contribution in [3.05, 3.63) is 24.9 Å². The van der Waals surface area contributed by atoms with Gasteiger partial charge in [0.15, 0.2) is 0 Å². The summed E-state index contributed by atoms with van der Waals surface area (Å²) in [4.78, 5) is 4.24. The molecule has 0 unspecified atom stereocenters.